The summed E-state index contributed by atoms with van der Waals surface area (Å²) < 4.78 is 22.5. The zero-order valence-electron chi connectivity index (χ0n) is 31.0. The minimum atomic E-state index is -2.10. The number of aliphatic carboxylic acids is 1. The summed E-state index contributed by atoms with van der Waals surface area (Å²) in [4.78, 5) is 12.2. The fourth-order valence-corrected chi connectivity index (χ4v) is 5.98. The van der Waals surface area contributed by atoms with Crippen LogP contribution in [0.3, 0.4) is 0 Å². The third-order valence-corrected chi connectivity index (χ3v) is 9.27. The third kappa shape index (κ3) is 16.6. The molecule has 0 bridgehead atoms. The normalized spacial score (nSPS) is 32.5. The molecule has 2 fully saturated rings. The molecule has 0 aliphatic carbocycles. The van der Waals surface area contributed by atoms with Crippen molar-refractivity contribution in [3.63, 3.8) is 0 Å². The monoisotopic (exact) mass is 751 g/mol. The van der Waals surface area contributed by atoms with Gasteiger partial charge in [0.25, 0.3) is 0 Å². The first-order valence-electron chi connectivity index (χ1n) is 18.0. The van der Waals surface area contributed by atoms with E-state index in [0.29, 0.717) is 6.42 Å². The molecule has 2 aliphatic rings. The van der Waals surface area contributed by atoms with Gasteiger partial charge in [-0.25, -0.2) is 0 Å². The van der Waals surface area contributed by atoms with Gasteiger partial charge in [-0.1, -0.05) is 92.0 Å². The molecule has 0 spiro atoms. The van der Waals surface area contributed by atoms with Crippen molar-refractivity contribution in [2.24, 2.45) is 17.6 Å². The minimum Gasteiger partial charge on any atom is -0.481 e. The Morgan fingerprint density at radius 3 is 2.02 bits per heavy atom. The van der Waals surface area contributed by atoms with Crippen molar-refractivity contribution in [3.8, 4) is 0 Å². The number of carboxylic acids is 1. The summed E-state index contributed by atoms with van der Waals surface area (Å²) in [5.41, 5.74) is 5.89. The highest BCUT2D eigenvalue weighted by molar-refractivity contribution is 5.71. The maximum atomic E-state index is 12.2. The maximum absolute atomic E-state index is 12.2. The van der Waals surface area contributed by atoms with Gasteiger partial charge < -0.3 is 65.5 Å². The number of carbonyl (C=O) groups is 1. The van der Waals surface area contributed by atoms with Gasteiger partial charge in [0.05, 0.1) is 61.5 Å². The van der Waals surface area contributed by atoms with Gasteiger partial charge in [-0.05, 0) is 26.7 Å². The predicted molar refractivity (Wildman–Crippen MR) is 198 cm³/mol. The van der Waals surface area contributed by atoms with Crippen LogP contribution in [0, 0.1) is 11.8 Å². The Hall–Kier alpha value is -2.83. The van der Waals surface area contributed by atoms with Crippen LogP contribution in [0.1, 0.15) is 52.9 Å². The Morgan fingerprint density at radius 1 is 0.906 bits per heavy atom. The Bertz CT molecular complexity index is 1280. The van der Waals surface area contributed by atoms with Crippen LogP contribution in [0.15, 0.2) is 85.1 Å². The maximum Gasteiger partial charge on any atom is 0.311 e. The molecule has 300 valence electrons. The Balaban J connectivity index is 2.06. The number of allylic oxidation sites excluding steroid dienone is 12. The second-order valence-electron chi connectivity index (χ2n) is 13.8. The molecule has 2 saturated heterocycles. The smallest absolute Gasteiger partial charge is 0.311 e. The largest absolute Gasteiger partial charge is 0.481 e. The zero-order valence-corrected chi connectivity index (χ0v) is 31.0. The van der Waals surface area contributed by atoms with Crippen LogP contribution in [0.4, 0.5) is 0 Å². The Kier molecular flexibility index (Phi) is 20.8. The van der Waals surface area contributed by atoms with Crippen molar-refractivity contribution in [3.05, 3.63) is 85.1 Å². The van der Waals surface area contributed by atoms with E-state index in [4.69, 9.17) is 24.7 Å². The number of hydrogen-bond donors (Lipinski definition) is 9. The lowest BCUT2D eigenvalue weighted by molar-refractivity contribution is -0.305. The molecule has 53 heavy (non-hydrogen) atoms. The Morgan fingerprint density at radius 2 is 1.47 bits per heavy atom. The Labute approximate surface area is 312 Å². The molecule has 10 N–H and O–H groups in total. The number of methoxy groups -OCH3 is 1. The number of hydrogen-bond acceptors (Lipinski definition) is 13. The number of carboxylic acid groups (broad SMARTS) is 1. The van der Waals surface area contributed by atoms with E-state index >= 15 is 0 Å². The molecule has 14 nitrogen and oxygen atoms in total. The van der Waals surface area contributed by atoms with Gasteiger partial charge in [0.1, 0.15) is 12.0 Å². The molecular formula is C39H61NO13. The molecule has 14 heteroatoms. The van der Waals surface area contributed by atoms with E-state index in [1.807, 2.05) is 62.5 Å². The summed E-state index contributed by atoms with van der Waals surface area (Å²) >= 11 is 0. The molecule has 2 rings (SSSR count). The molecule has 0 aromatic heterocycles. The molecule has 0 amide bonds. The molecule has 0 aromatic carbocycles. The summed E-state index contributed by atoms with van der Waals surface area (Å²) in [7, 11) is 1.63. The van der Waals surface area contributed by atoms with E-state index in [-0.39, 0.29) is 37.9 Å². The van der Waals surface area contributed by atoms with Crippen molar-refractivity contribution < 1.29 is 64.6 Å². The molecule has 0 saturated carbocycles. The molecule has 0 unspecified atom stereocenters. The van der Waals surface area contributed by atoms with E-state index < -0.39 is 85.3 Å². The molecule has 2 heterocycles. The van der Waals surface area contributed by atoms with Crippen LogP contribution in [-0.2, 0) is 23.7 Å². The number of aliphatic hydroxyl groups is 7. The van der Waals surface area contributed by atoms with E-state index in [0.717, 1.165) is 0 Å². The van der Waals surface area contributed by atoms with E-state index in [2.05, 4.69) is 0 Å². The fraction of sp³-hybridized carbons (Fsp3) is 0.615. The molecule has 0 radical (unpaired) electrons. The first-order chi connectivity index (χ1) is 25.1. The third-order valence-electron chi connectivity index (χ3n) is 9.27. The first-order valence-corrected chi connectivity index (χ1v) is 18.0. The summed E-state index contributed by atoms with van der Waals surface area (Å²) in [6.07, 6.45) is 14.2. The van der Waals surface area contributed by atoms with Crippen molar-refractivity contribution >= 4 is 5.97 Å². The van der Waals surface area contributed by atoms with Crippen molar-refractivity contribution in [2.75, 3.05) is 13.7 Å². The van der Waals surface area contributed by atoms with Crippen LogP contribution in [-0.4, -0.2) is 134 Å². The highest BCUT2D eigenvalue weighted by Gasteiger charge is 2.50. The van der Waals surface area contributed by atoms with Gasteiger partial charge in [-0.3, -0.25) is 4.79 Å². The SMILES string of the molecule is CO[C@@H](C)[C@H](C)[C@H](O)C/C=C/C=C/C=C/C=C/C=C/C=C/C=C/[C@@H](C[C@@H]1O[C@](O)(C[C@@H](O)C[C@H](C)O)C[C@H](O)[C@H]1C(=O)O)O[C@@H]1OC[C@@H](O)[C@H](N)[C@@H]1O. The van der Waals surface area contributed by atoms with E-state index in [9.17, 15) is 45.6 Å². The van der Waals surface area contributed by atoms with Crippen LogP contribution >= 0.6 is 0 Å². The lowest BCUT2D eigenvalue weighted by atomic mass is 9.83. The van der Waals surface area contributed by atoms with Crippen molar-refractivity contribution in [1.29, 1.82) is 0 Å². The lowest BCUT2D eigenvalue weighted by Crippen LogP contribution is -2.59. The van der Waals surface area contributed by atoms with Crippen LogP contribution in [0.5, 0.6) is 0 Å². The van der Waals surface area contributed by atoms with Crippen LogP contribution in [0.2, 0.25) is 0 Å². The number of aliphatic hydroxyl groups excluding tert-OH is 6. The van der Waals surface area contributed by atoms with Gasteiger partial charge in [0, 0.05) is 32.3 Å². The summed E-state index contributed by atoms with van der Waals surface area (Å²) in [6.45, 7) is 5.14. The fourth-order valence-electron chi connectivity index (χ4n) is 5.98. The van der Waals surface area contributed by atoms with Gasteiger partial charge >= 0.3 is 5.97 Å². The molecule has 14 atom stereocenters. The van der Waals surface area contributed by atoms with Crippen molar-refractivity contribution in [1.82, 2.24) is 0 Å². The van der Waals surface area contributed by atoms with Crippen LogP contribution in [0.25, 0.3) is 0 Å². The average Bonchev–Trinajstić information content (AvgIpc) is 3.08. The van der Waals surface area contributed by atoms with Gasteiger partial charge in [0.15, 0.2) is 12.1 Å². The van der Waals surface area contributed by atoms with Gasteiger partial charge in [-0.15, -0.1) is 0 Å². The van der Waals surface area contributed by atoms with Gasteiger partial charge in [-0.2, -0.15) is 0 Å². The standard InChI is InChI=1S/C39H61NO13/c1-25(41)20-28(42)22-39(49)23-31(44)34(37(47)48)33(53-39)21-29(52-38-36(46)35(40)32(45)24-51-38)18-16-14-12-10-8-6-5-7-9-11-13-15-17-19-30(43)26(2)27(3)50-4/h5-18,25-36,38,41-46,49H,19-24,40H2,1-4H3,(H,47,48)/b6-5+,9-7+,10-8+,13-11+,14-12+,17-15+,18-16+/t25-,26-,27-,28-,29-,30+,31-,32+,33-,34+,35-,36-,38-,39+/m0/s1. The number of rotatable bonds is 21. The number of ether oxygens (including phenoxy) is 4. The first kappa shape index (κ1) is 46.3. The molecule has 2 aliphatic heterocycles. The predicted octanol–water partition coefficient (Wildman–Crippen LogP) is 1.54. The van der Waals surface area contributed by atoms with Gasteiger partial charge in [0.2, 0.25) is 0 Å². The summed E-state index contributed by atoms with van der Waals surface area (Å²) in [5.74, 6) is -4.90. The average molecular weight is 752 g/mol. The molecule has 0 aromatic rings. The van der Waals surface area contributed by atoms with E-state index in [1.54, 1.807) is 43.6 Å². The zero-order chi connectivity index (χ0) is 39.6. The summed E-state index contributed by atoms with van der Waals surface area (Å²) in [6, 6.07) is -1.07. The summed E-state index contributed by atoms with van der Waals surface area (Å²) in [5, 5.41) is 82.6. The number of nitrogens with two attached hydrogens (primary N) is 1. The topological polar surface area (TPSA) is 242 Å². The lowest BCUT2D eigenvalue weighted by Gasteiger charge is -2.45. The van der Waals surface area contributed by atoms with Crippen LogP contribution < -0.4 is 5.73 Å². The minimum absolute atomic E-state index is 0.0219. The second-order valence-corrected chi connectivity index (χ2v) is 13.8. The second kappa shape index (κ2) is 23.8. The highest BCUT2D eigenvalue weighted by Crippen LogP contribution is 2.37. The van der Waals surface area contributed by atoms with E-state index in [1.165, 1.54) is 6.92 Å². The quantitative estimate of drug-likeness (QED) is 0.0757. The highest BCUT2D eigenvalue weighted by atomic mass is 16.7. The molecular weight excluding hydrogens is 690 g/mol. The van der Waals surface area contributed by atoms with Crippen molar-refractivity contribution in [2.45, 2.75) is 126 Å².